The molecule has 0 radical (unpaired) electrons. The first-order chi connectivity index (χ1) is 9.60. The average Bonchev–Trinajstić information content (AvgIpc) is 2.40. The molecule has 0 aromatic heterocycles. The molecule has 0 unspecified atom stereocenters. The van der Waals surface area contributed by atoms with E-state index >= 15 is 0 Å². The molecule has 0 bridgehead atoms. The summed E-state index contributed by atoms with van der Waals surface area (Å²) in [6, 6.07) is 6.35. The number of benzene rings is 1. The molecular formula is C16H26ClN3. The highest BCUT2D eigenvalue weighted by atomic mass is 35.5. The Kier molecular flexibility index (Phi) is 5.70. The van der Waals surface area contributed by atoms with Crippen LogP contribution in [0.15, 0.2) is 18.2 Å². The molecule has 1 saturated heterocycles. The fourth-order valence-electron chi connectivity index (χ4n) is 2.82. The summed E-state index contributed by atoms with van der Waals surface area (Å²) < 4.78 is 0. The topological polar surface area (TPSA) is 32.5 Å². The van der Waals surface area contributed by atoms with Crippen molar-refractivity contribution in [2.24, 2.45) is 11.7 Å². The molecule has 1 heterocycles. The van der Waals surface area contributed by atoms with Crippen molar-refractivity contribution in [1.82, 2.24) is 4.90 Å². The molecule has 2 N–H and O–H groups in total. The van der Waals surface area contributed by atoms with Crippen molar-refractivity contribution in [3.63, 3.8) is 0 Å². The van der Waals surface area contributed by atoms with Gasteiger partial charge in [0.2, 0.25) is 0 Å². The molecule has 1 aliphatic heterocycles. The van der Waals surface area contributed by atoms with Crippen molar-refractivity contribution < 1.29 is 0 Å². The molecule has 3 nitrogen and oxygen atoms in total. The lowest BCUT2D eigenvalue weighted by molar-refractivity contribution is 0.231. The second kappa shape index (κ2) is 7.30. The molecule has 1 aromatic rings. The largest absolute Gasteiger partial charge is 0.368 e. The summed E-state index contributed by atoms with van der Waals surface area (Å²) in [6.07, 6.45) is 0.891. The van der Waals surface area contributed by atoms with E-state index < -0.39 is 0 Å². The van der Waals surface area contributed by atoms with Crippen LogP contribution in [-0.2, 0) is 6.42 Å². The predicted molar refractivity (Wildman–Crippen MR) is 87.7 cm³/mol. The van der Waals surface area contributed by atoms with Gasteiger partial charge >= 0.3 is 0 Å². The third-order valence-corrected chi connectivity index (χ3v) is 4.08. The SMILES string of the molecule is CC(C)CN1CCN(c2ccc(CCN)cc2Cl)CC1. The summed E-state index contributed by atoms with van der Waals surface area (Å²) in [7, 11) is 0. The van der Waals surface area contributed by atoms with E-state index in [-0.39, 0.29) is 0 Å². The van der Waals surface area contributed by atoms with Crippen molar-refractivity contribution in [2.75, 3.05) is 44.2 Å². The summed E-state index contributed by atoms with van der Waals surface area (Å²) in [4.78, 5) is 4.93. The van der Waals surface area contributed by atoms with E-state index in [1.54, 1.807) is 0 Å². The molecule has 20 heavy (non-hydrogen) atoms. The number of rotatable bonds is 5. The summed E-state index contributed by atoms with van der Waals surface area (Å²) >= 11 is 6.42. The molecule has 1 fully saturated rings. The van der Waals surface area contributed by atoms with Gasteiger partial charge in [-0.25, -0.2) is 0 Å². The van der Waals surface area contributed by atoms with Crippen LogP contribution in [0, 0.1) is 5.92 Å². The van der Waals surface area contributed by atoms with Gasteiger partial charge in [0.1, 0.15) is 0 Å². The van der Waals surface area contributed by atoms with Gasteiger partial charge in [-0.1, -0.05) is 31.5 Å². The van der Waals surface area contributed by atoms with Gasteiger partial charge < -0.3 is 10.6 Å². The van der Waals surface area contributed by atoms with Crippen molar-refractivity contribution >= 4 is 17.3 Å². The lowest BCUT2D eigenvalue weighted by atomic mass is 10.1. The maximum atomic E-state index is 6.42. The highest BCUT2D eigenvalue weighted by Gasteiger charge is 2.19. The summed E-state index contributed by atoms with van der Waals surface area (Å²) in [6.45, 7) is 10.8. The van der Waals surface area contributed by atoms with Crippen LogP contribution in [0.25, 0.3) is 0 Å². The Morgan fingerprint density at radius 2 is 1.90 bits per heavy atom. The van der Waals surface area contributed by atoms with Gasteiger partial charge in [0, 0.05) is 32.7 Å². The molecule has 0 amide bonds. The molecule has 0 aliphatic carbocycles. The fourth-order valence-corrected chi connectivity index (χ4v) is 3.14. The number of piperazine rings is 1. The third-order valence-electron chi connectivity index (χ3n) is 3.78. The van der Waals surface area contributed by atoms with Crippen LogP contribution in [-0.4, -0.2) is 44.2 Å². The second-order valence-corrected chi connectivity index (χ2v) is 6.41. The first kappa shape index (κ1) is 15.6. The zero-order valence-corrected chi connectivity index (χ0v) is 13.4. The summed E-state index contributed by atoms with van der Waals surface area (Å²) in [5.74, 6) is 0.737. The molecular weight excluding hydrogens is 270 g/mol. The van der Waals surface area contributed by atoms with E-state index in [0.29, 0.717) is 6.54 Å². The third kappa shape index (κ3) is 4.11. The zero-order valence-electron chi connectivity index (χ0n) is 12.6. The molecule has 1 aliphatic rings. The van der Waals surface area contributed by atoms with E-state index in [2.05, 4.69) is 41.8 Å². The van der Waals surface area contributed by atoms with Gasteiger partial charge in [-0.05, 0) is 36.6 Å². The van der Waals surface area contributed by atoms with Gasteiger partial charge in [0.25, 0.3) is 0 Å². The summed E-state index contributed by atoms with van der Waals surface area (Å²) in [5, 5.41) is 0.855. The minimum Gasteiger partial charge on any atom is -0.368 e. The summed E-state index contributed by atoms with van der Waals surface area (Å²) in [5.41, 5.74) is 7.97. The monoisotopic (exact) mass is 295 g/mol. The van der Waals surface area contributed by atoms with Crippen molar-refractivity contribution in [3.8, 4) is 0 Å². The highest BCUT2D eigenvalue weighted by Crippen LogP contribution is 2.28. The number of anilines is 1. The average molecular weight is 296 g/mol. The Balaban J connectivity index is 1.96. The van der Waals surface area contributed by atoms with E-state index in [4.69, 9.17) is 17.3 Å². The lowest BCUT2D eigenvalue weighted by Gasteiger charge is -2.37. The quantitative estimate of drug-likeness (QED) is 0.906. The Morgan fingerprint density at radius 3 is 2.45 bits per heavy atom. The molecule has 112 valence electrons. The number of nitrogens with two attached hydrogens (primary N) is 1. The minimum absolute atomic E-state index is 0.670. The molecule has 0 spiro atoms. The second-order valence-electron chi connectivity index (χ2n) is 6.01. The molecule has 0 saturated carbocycles. The normalized spacial score (nSPS) is 16.9. The number of hydrogen-bond acceptors (Lipinski definition) is 3. The van der Waals surface area contributed by atoms with E-state index in [1.165, 1.54) is 12.1 Å². The van der Waals surface area contributed by atoms with E-state index in [1.807, 2.05) is 0 Å². The maximum Gasteiger partial charge on any atom is 0.0642 e. The van der Waals surface area contributed by atoms with Crippen molar-refractivity contribution in [1.29, 1.82) is 0 Å². The molecule has 0 atom stereocenters. The van der Waals surface area contributed by atoms with Gasteiger partial charge in [-0.15, -0.1) is 0 Å². The molecule has 1 aromatic carbocycles. The standard InChI is InChI=1S/C16H26ClN3/c1-13(2)12-19-7-9-20(10-8-19)16-4-3-14(5-6-18)11-15(16)17/h3-4,11,13H,5-10,12,18H2,1-2H3. The van der Waals surface area contributed by atoms with Crippen LogP contribution in [0.4, 0.5) is 5.69 Å². The first-order valence-corrected chi connectivity index (χ1v) is 7.93. The Hall–Kier alpha value is -0.770. The lowest BCUT2D eigenvalue weighted by Crippen LogP contribution is -2.47. The van der Waals surface area contributed by atoms with Crippen molar-refractivity contribution in [2.45, 2.75) is 20.3 Å². The predicted octanol–water partition coefficient (Wildman–Crippen LogP) is 2.62. The van der Waals surface area contributed by atoms with Crippen LogP contribution < -0.4 is 10.6 Å². The first-order valence-electron chi connectivity index (χ1n) is 7.56. The number of hydrogen-bond donors (Lipinski definition) is 1. The van der Waals surface area contributed by atoms with Crippen LogP contribution in [0.5, 0.6) is 0 Å². The highest BCUT2D eigenvalue weighted by molar-refractivity contribution is 6.33. The minimum atomic E-state index is 0.670. The Labute approximate surface area is 127 Å². The van der Waals surface area contributed by atoms with Crippen molar-refractivity contribution in [3.05, 3.63) is 28.8 Å². The van der Waals surface area contributed by atoms with Gasteiger partial charge in [0.05, 0.1) is 10.7 Å². The Bertz CT molecular complexity index is 426. The maximum absolute atomic E-state index is 6.42. The van der Waals surface area contributed by atoms with E-state index in [0.717, 1.165) is 49.2 Å². The number of halogens is 1. The number of nitrogens with zero attached hydrogens (tertiary/aromatic N) is 2. The molecule has 2 rings (SSSR count). The fraction of sp³-hybridized carbons (Fsp3) is 0.625. The van der Waals surface area contributed by atoms with Gasteiger partial charge in [-0.2, -0.15) is 0 Å². The zero-order chi connectivity index (χ0) is 14.5. The van der Waals surface area contributed by atoms with Crippen LogP contribution in [0.3, 0.4) is 0 Å². The van der Waals surface area contributed by atoms with Crippen LogP contribution in [0.1, 0.15) is 19.4 Å². The van der Waals surface area contributed by atoms with Gasteiger partial charge in [0.15, 0.2) is 0 Å². The van der Waals surface area contributed by atoms with Crippen LogP contribution in [0.2, 0.25) is 5.02 Å². The van der Waals surface area contributed by atoms with Crippen LogP contribution >= 0.6 is 11.6 Å². The van der Waals surface area contributed by atoms with E-state index in [9.17, 15) is 0 Å². The molecule has 4 heteroatoms. The van der Waals surface area contributed by atoms with Gasteiger partial charge in [-0.3, -0.25) is 4.90 Å². The Morgan fingerprint density at radius 1 is 1.20 bits per heavy atom. The smallest absolute Gasteiger partial charge is 0.0642 e.